The molecule has 12 heteroatoms. The maximum Gasteiger partial charge on any atom is 0.416 e. The number of hydrogen-bond acceptors (Lipinski definition) is 4. The van der Waals surface area contributed by atoms with Crippen LogP contribution in [0.3, 0.4) is 0 Å². The molecule has 9 nitrogen and oxygen atoms in total. The molecular weight excluding hydrogens is 501 g/mol. The second-order valence-electron chi connectivity index (χ2n) is 8.70. The van der Waals surface area contributed by atoms with Gasteiger partial charge in [-0.3, -0.25) is 4.57 Å². The highest BCUT2D eigenvalue weighted by molar-refractivity contribution is 5.83. The molecule has 1 aliphatic rings. The molecule has 1 saturated heterocycles. The van der Waals surface area contributed by atoms with Gasteiger partial charge in [0.25, 0.3) is 0 Å². The zero-order chi connectivity index (χ0) is 27.0. The number of rotatable bonds is 4. The van der Waals surface area contributed by atoms with E-state index in [0.29, 0.717) is 30.1 Å². The van der Waals surface area contributed by atoms with Crippen molar-refractivity contribution in [3.05, 3.63) is 94.0 Å². The number of alkyl halides is 3. The van der Waals surface area contributed by atoms with Crippen LogP contribution >= 0.6 is 0 Å². The lowest BCUT2D eigenvalue weighted by Crippen LogP contribution is -2.42. The minimum absolute atomic E-state index is 0.0354. The fourth-order valence-corrected chi connectivity index (χ4v) is 4.46. The van der Waals surface area contributed by atoms with Gasteiger partial charge in [0.2, 0.25) is 0 Å². The molecule has 0 spiro atoms. The van der Waals surface area contributed by atoms with Gasteiger partial charge < -0.3 is 10.1 Å². The number of ether oxygens (including phenoxy) is 1. The van der Waals surface area contributed by atoms with Crippen LogP contribution in [0.15, 0.2) is 65.6 Å². The first-order valence-electron chi connectivity index (χ1n) is 11.6. The van der Waals surface area contributed by atoms with E-state index in [2.05, 4.69) is 15.3 Å². The molecule has 0 saturated carbocycles. The van der Waals surface area contributed by atoms with Crippen LogP contribution < -0.4 is 11.0 Å². The SMILES string of the molecule is [C-]#[N+]c1ccc(-n2nccc2-c2c(C)n(-c3cccc(C(F)(F)F)c3)c(=O)n2C(=O)N[C@H]2CCOC2)cc1. The van der Waals surface area contributed by atoms with Crippen LogP contribution in [0.1, 0.15) is 17.7 Å². The second-order valence-corrected chi connectivity index (χ2v) is 8.70. The summed E-state index contributed by atoms with van der Waals surface area (Å²) in [6.45, 7) is 9.46. The van der Waals surface area contributed by atoms with Gasteiger partial charge in [-0.2, -0.15) is 18.3 Å². The van der Waals surface area contributed by atoms with Gasteiger partial charge in [0, 0.05) is 6.61 Å². The number of aromatic nitrogens is 4. The predicted molar refractivity (Wildman–Crippen MR) is 132 cm³/mol. The molecule has 38 heavy (non-hydrogen) atoms. The minimum Gasteiger partial charge on any atom is -0.379 e. The Labute approximate surface area is 214 Å². The average Bonchev–Trinajstić information content (AvgIpc) is 3.63. The van der Waals surface area contributed by atoms with Crippen molar-refractivity contribution < 1.29 is 22.7 Å². The van der Waals surface area contributed by atoms with Gasteiger partial charge in [-0.05, 0) is 49.7 Å². The maximum atomic E-state index is 13.7. The van der Waals surface area contributed by atoms with Crippen LogP contribution in [0, 0.1) is 13.5 Å². The van der Waals surface area contributed by atoms with Crippen molar-refractivity contribution in [3.8, 4) is 22.8 Å². The average molecular weight is 522 g/mol. The number of carbonyl (C=O) groups excluding carboxylic acids is 1. The van der Waals surface area contributed by atoms with Gasteiger partial charge >= 0.3 is 17.9 Å². The van der Waals surface area contributed by atoms with E-state index >= 15 is 0 Å². The van der Waals surface area contributed by atoms with Gasteiger partial charge in [-0.1, -0.05) is 18.2 Å². The third-order valence-corrected chi connectivity index (χ3v) is 6.29. The van der Waals surface area contributed by atoms with E-state index < -0.39 is 23.5 Å². The first-order chi connectivity index (χ1) is 18.2. The standard InChI is InChI=1S/C26H21F3N6O3/c1-16-23(22-10-12-31-35(22)20-8-6-18(30-2)7-9-20)34(24(36)32-19-11-13-38-15-19)25(37)33(16)21-5-3-4-17(14-21)26(27,28)29/h3-10,12,14,19H,11,13,15H2,1H3,(H,32,36)/t19-/m0/s1. The molecule has 1 aliphatic heterocycles. The van der Waals surface area contributed by atoms with Crippen molar-refractivity contribution in [2.75, 3.05) is 13.2 Å². The Kier molecular flexibility index (Phi) is 6.38. The van der Waals surface area contributed by atoms with Crippen LogP contribution in [0.25, 0.3) is 27.6 Å². The number of imidazole rings is 1. The van der Waals surface area contributed by atoms with E-state index in [1.807, 2.05) is 0 Å². The Morgan fingerprint density at radius 1 is 1.16 bits per heavy atom. The molecule has 0 radical (unpaired) electrons. The van der Waals surface area contributed by atoms with E-state index in [9.17, 15) is 22.8 Å². The summed E-state index contributed by atoms with van der Waals surface area (Å²) < 4.78 is 49.1. The Bertz CT molecular complexity index is 1600. The second kappa shape index (κ2) is 9.68. The molecule has 5 rings (SSSR count). The van der Waals surface area contributed by atoms with Crippen molar-refractivity contribution in [1.82, 2.24) is 24.2 Å². The molecule has 1 N–H and O–H groups in total. The normalized spacial score (nSPS) is 15.4. The Morgan fingerprint density at radius 3 is 2.58 bits per heavy atom. The Morgan fingerprint density at radius 2 is 1.92 bits per heavy atom. The van der Waals surface area contributed by atoms with E-state index in [4.69, 9.17) is 11.3 Å². The molecule has 1 amide bonds. The van der Waals surface area contributed by atoms with Gasteiger partial charge in [-0.25, -0.2) is 23.7 Å². The summed E-state index contributed by atoms with van der Waals surface area (Å²) in [6, 6.07) is 11.5. The summed E-state index contributed by atoms with van der Waals surface area (Å²) in [6.07, 6.45) is -2.57. The summed E-state index contributed by atoms with van der Waals surface area (Å²) >= 11 is 0. The molecule has 1 fully saturated rings. The number of nitrogens with zero attached hydrogens (tertiary/aromatic N) is 5. The van der Waals surface area contributed by atoms with Crippen molar-refractivity contribution in [2.24, 2.45) is 0 Å². The van der Waals surface area contributed by atoms with Crippen LogP contribution in [0.4, 0.5) is 23.7 Å². The number of halogens is 3. The van der Waals surface area contributed by atoms with Gasteiger partial charge in [0.15, 0.2) is 5.69 Å². The number of nitrogens with one attached hydrogen (secondary N) is 1. The van der Waals surface area contributed by atoms with E-state index in [1.165, 1.54) is 23.0 Å². The molecule has 0 aliphatic carbocycles. The summed E-state index contributed by atoms with van der Waals surface area (Å²) in [7, 11) is 0. The quantitative estimate of drug-likeness (QED) is 0.393. The van der Waals surface area contributed by atoms with E-state index in [0.717, 1.165) is 21.3 Å². The van der Waals surface area contributed by atoms with Gasteiger partial charge in [-0.15, -0.1) is 0 Å². The van der Waals surface area contributed by atoms with Crippen molar-refractivity contribution in [1.29, 1.82) is 0 Å². The topological polar surface area (TPSA) is 87.4 Å². The fourth-order valence-electron chi connectivity index (χ4n) is 4.46. The van der Waals surface area contributed by atoms with Crippen molar-refractivity contribution in [2.45, 2.75) is 25.6 Å². The number of amides is 1. The highest BCUT2D eigenvalue weighted by atomic mass is 19.4. The predicted octanol–water partition coefficient (Wildman–Crippen LogP) is 4.72. The molecule has 194 valence electrons. The largest absolute Gasteiger partial charge is 0.416 e. The zero-order valence-electron chi connectivity index (χ0n) is 20.1. The monoisotopic (exact) mass is 522 g/mol. The summed E-state index contributed by atoms with van der Waals surface area (Å²) in [5.41, 5.74) is -0.0400. The molecule has 2 aromatic carbocycles. The number of hydrogen-bond donors (Lipinski definition) is 1. The van der Waals surface area contributed by atoms with Crippen LogP contribution in [0.2, 0.25) is 0 Å². The van der Waals surface area contributed by atoms with Crippen molar-refractivity contribution >= 4 is 11.7 Å². The van der Waals surface area contributed by atoms with Crippen LogP contribution in [0.5, 0.6) is 0 Å². The lowest BCUT2D eigenvalue weighted by molar-refractivity contribution is -0.137. The highest BCUT2D eigenvalue weighted by Crippen LogP contribution is 2.32. The molecule has 0 bridgehead atoms. The zero-order valence-corrected chi connectivity index (χ0v) is 20.1. The van der Waals surface area contributed by atoms with Gasteiger partial charge in [0.1, 0.15) is 5.69 Å². The molecule has 1 atom stereocenters. The third kappa shape index (κ3) is 4.48. The lowest BCUT2D eigenvalue weighted by Gasteiger charge is -2.14. The van der Waals surface area contributed by atoms with Crippen molar-refractivity contribution in [3.63, 3.8) is 0 Å². The van der Waals surface area contributed by atoms with Crippen LogP contribution in [-0.2, 0) is 10.9 Å². The maximum absolute atomic E-state index is 13.7. The summed E-state index contributed by atoms with van der Waals surface area (Å²) in [4.78, 5) is 30.5. The smallest absolute Gasteiger partial charge is 0.379 e. The first kappa shape index (κ1) is 25.0. The summed E-state index contributed by atoms with van der Waals surface area (Å²) in [5, 5.41) is 7.12. The minimum atomic E-state index is -4.62. The number of benzene rings is 2. The molecular formula is C26H21F3N6O3. The van der Waals surface area contributed by atoms with E-state index in [-0.39, 0.29) is 29.7 Å². The summed E-state index contributed by atoms with van der Waals surface area (Å²) in [5.74, 6) is 0. The number of carbonyl (C=O) groups is 1. The molecule has 4 aromatic rings. The third-order valence-electron chi connectivity index (χ3n) is 6.29. The molecule has 0 unspecified atom stereocenters. The van der Waals surface area contributed by atoms with E-state index in [1.54, 1.807) is 37.3 Å². The lowest BCUT2D eigenvalue weighted by atomic mass is 10.2. The fraction of sp³-hybridized carbons (Fsp3) is 0.231. The Hall–Kier alpha value is -4.63. The molecule has 2 aromatic heterocycles. The van der Waals surface area contributed by atoms with Crippen LogP contribution in [-0.4, -0.2) is 44.2 Å². The molecule has 3 heterocycles. The van der Waals surface area contributed by atoms with Gasteiger partial charge in [0.05, 0.1) is 53.7 Å². The first-order valence-corrected chi connectivity index (χ1v) is 11.6. The highest BCUT2D eigenvalue weighted by Gasteiger charge is 2.32. The Balaban J connectivity index is 1.71.